The summed E-state index contributed by atoms with van der Waals surface area (Å²) in [6, 6.07) is 13.9. The lowest BCUT2D eigenvalue weighted by Gasteiger charge is -2.29. The molecule has 2 heterocycles. The van der Waals surface area contributed by atoms with Gasteiger partial charge in [-0.2, -0.15) is 0 Å². The summed E-state index contributed by atoms with van der Waals surface area (Å²) in [5.41, 5.74) is 3.14. The Bertz CT molecular complexity index is 909. The Hall–Kier alpha value is -1.56. The fraction of sp³-hybridized carbons (Fsp3) is 0.222. The summed E-state index contributed by atoms with van der Waals surface area (Å²) in [4.78, 5) is 19.1. The standard InChI is InChI=1S/C18H15ClN2OS2/c19-13-7-3-9-15-17(13)20-18(24-15)23-11-16(22)21-10-4-6-12-5-1-2-8-14(12)21/h1-3,5,7-9H,4,6,10-11H2. The highest BCUT2D eigenvalue weighted by atomic mass is 35.5. The number of aromatic nitrogens is 1. The first-order valence-electron chi connectivity index (χ1n) is 7.78. The second kappa shape index (κ2) is 6.75. The summed E-state index contributed by atoms with van der Waals surface area (Å²) in [6.07, 6.45) is 2.06. The number of halogens is 1. The minimum absolute atomic E-state index is 0.137. The Labute approximate surface area is 153 Å². The van der Waals surface area contributed by atoms with Crippen molar-refractivity contribution in [3.63, 3.8) is 0 Å². The van der Waals surface area contributed by atoms with Crippen LogP contribution < -0.4 is 4.90 Å². The van der Waals surface area contributed by atoms with Crippen molar-refractivity contribution in [2.45, 2.75) is 17.2 Å². The molecular formula is C18H15ClN2OS2. The molecule has 0 saturated carbocycles. The molecule has 2 aromatic carbocycles. The number of thioether (sulfide) groups is 1. The number of aryl methyl sites for hydroxylation is 1. The van der Waals surface area contributed by atoms with Crippen LogP contribution in [-0.4, -0.2) is 23.2 Å². The van der Waals surface area contributed by atoms with E-state index in [0.717, 1.165) is 39.6 Å². The quantitative estimate of drug-likeness (QED) is 0.603. The SMILES string of the molecule is O=C(CSc1nc2c(Cl)cccc2s1)N1CCCc2ccccc21. The summed E-state index contributed by atoms with van der Waals surface area (Å²) >= 11 is 9.24. The summed E-state index contributed by atoms with van der Waals surface area (Å²) in [5, 5.41) is 0.659. The molecule has 3 nitrogen and oxygen atoms in total. The van der Waals surface area contributed by atoms with Crippen LogP contribution in [-0.2, 0) is 11.2 Å². The normalized spacial score (nSPS) is 14.0. The molecule has 0 fully saturated rings. The lowest BCUT2D eigenvalue weighted by molar-refractivity contribution is -0.116. The first-order valence-corrected chi connectivity index (χ1v) is 9.96. The Balaban J connectivity index is 1.49. The number of carbonyl (C=O) groups is 1. The molecule has 0 saturated heterocycles. The predicted octanol–water partition coefficient (Wildman–Crippen LogP) is 5.02. The molecule has 0 spiro atoms. The second-order valence-electron chi connectivity index (χ2n) is 5.63. The highest BCUT2D eigenvalue weighted by Crippen LogP contribution is 2.34. The molecule has 0 N–H and O–H groups in total. The van der Waals surface area contributed by atoms with Crippen LogP contribution in [0, 0.1) is 0 Å². The van der Waals surface area contributed by atoms with Crippen LogP contribution in [0.1, 0.15) is 12.0 Å². The number of nitrogens with zero attached hydrogens (tertiary/aromatic N) is 2. The molecule has 1 aliphatic heterocycles. The highest BCUT2D eigenvalue weighted by molar-refractivity contribution is 8.01. The van der Waals surface area contributed by atoms with Crippen LogP contribution >= 0.6 is 34.7 Å². The van der Waals surface area contributed by atoms with Crippen molar-refractivity contribution in [2.75, 3.05) is 17.2 Å². The van der Waals surface area contributed by atoms with Gasteiger partial charge in [0.1, 0.15) is 5.52 Å². The van der Waals surface area contributed by atoms with Crippen LogP contribution in [0.15, 0.2) is 46.8 Å². The van der Waals surface area contributed by atoms with Crippen LogP contribution in [0.2, 0.25) is 5.02 Å². The molecule has 3 aromatic rings. The van der Waals surface area contributed by atoms with E-state index in [2.05, 4.69) is 11.1 Å². The fourth-order valence-corrected chi connectivity index (χ4v) is 5.19. The molecule has 0 radical (unpaired) electrons. The minimum atomic E-state index is 0.137. The molecule has 1 aliphatic rings. The van der Waals surface area contributed by atoms with E-state index in [1.54, 1.807) is 11.3 Å². The minimum Gasteiger partial charge on any atom is -0.311 e. The van der Waals surface area contributed by atoms with Crippen LogP contribution in [0.3, 0.4) is 0 Å². The second-order valence-corrected chi connectivity index (χ2v) is 8.29. The van der Waals surface area contributed by atoms with Crippen molar-refractivity contribution in [3.05, 3.63) is 53.1 Å². The molecule has 0 atom stereocenters. The van der Waals surface area contributed by atoms with Crippen molar-refractivity contribution in [1.29, 1.82) is 0 Å². The van der Waals surface area contributed by atoms with E-state index < -0.39 is 0 Å². The maximum atomic E-state index is 12.7. The van der Waals surface area contributed by atoms with Gasteiger partial charge in [-0.3, -0.25) is 4.79 Å². The number of fused-ring (bicyclic) bond motifs is 2. The monoisotopic (exact) mass is 374 g/mol. The Morgan fingerprint density at radius 3 is 3.00 bits per heavy atom. The molecule has 0 aliphatic carbocycles. The van der Waals surface area contributed by atoms with Gasteiger partial charge in [0, 0.05) is 12.2 Å². The molecule has 122 valence electrons. The smallest absolute Gasteiger partial charge is 0.237 e. The number of carbonyl (C=O) groups excluding carboxylic acids is 1. The number of rotatable bonds is 3. The van der Waals surface area contributed by atoms with Crippen molar-refractivity contribution in [3.8, 4) is 0 Å². The van der Waals surface area contributed by atoms with Crippen molar-refractivity contribution in [2.24, 2.45) is 0 Å². The lowest BCUT2D eigenvalue weighted by atomic mass is 10.0. The zero-order chi connectivity index (χ0) is 16.5. The molecule has 24 heavy (non-hydrogen) atoms. The molecule has 1 amide bonds. The first kappa shape index (κ1) is 15.9. The fourth-order valence-electron chi connectivity index (χ4n) is 2.95. The topological polar surface area (TPSA) is 33.2 Å². The van der Waals surface area contributed by atoms with Gasteiger partial charge in [-0.25, -0.2) is 4.98 Å². The number of thiazole rings is 1. The number of benzene rings is 2. The van der Waals surface area contributed by atoms with Crippen LogP contribution in [0.5, 0.6) is 0 Å². The van der Waals surface area contributed by atoms with E-state index in [1.807, 2.05) is 41.3 Å². The van der Waals surface area contributed by atoms with E-state index in [1.165, 1.54) is 17.3 Å². The summed E-state index contributed by atoms with van der Waals surface area (Å²) in [5.74, 6) is 0.531. The first-order chi connectivity index (χ1) is 11.7. The number of para-hydroxylation sites is 2. The Morgan fingerprint density at radius 1 is 1.25 bits per heavy atom. The van der Waals surface area contributed by atoms with Gasteiger partial charge in [0.2, 0.25) is 5.91 Å². The highest BCUT2D eigenvalue weighted by Gasteiger charge is 2.22. The predicted molar refractivity (Wildman–Crippen MR) is 102 cm³/mol. The van der Waals surface area contributed by atoms with Gasteiger partial charge in [0.25, 0.3) is 0 Å². The summed E-state index contributed by atoms with van der Waals surface area (Å²) in [6.45, 7) is 0.794. The summed E-state index contributed by atoms with van der Waals surface area (Å²) in [7, 11) is 0. The molecule has 6 heteroatoms. The van der Waals surface area contributed by atoms with E-state index in [-0.39, 0.29) is 5.91 Å². The van der Waals surface area contributed by atoms with Gasteiger partial charge >= 0.3 is 0 Å². The van der Waals surface area contributed by atoms with Gasteiger partial charge < -0.3 is 4.90 Å². The Morgan fingerprint density at radius 2 is 2.12 bits per heavy atom. The average molecular weight is 375 g/mol. The largest absolute Gasteiger partial charge is 0.311 e. The third kappa shape index (κ3) is 3.04. The average Bonchev–Trinajstić information content (AvgIpc) is 3.04. The zero-order valence-corrected chi connectivity index (χ0v) is 15.3. The molecular weight excluding hydrogens is 360 g/mol. The van der Waals surface area contributed by atoms with E-state index in [0.29, 0.717) is 10.8 Å². The number of hydrogen-bond acceptors (Lipinski definition) is 4. The van der Waals surface area contributed by atoms with Gasteiger partial charge in [0.15, 0.2) is 4.34 Å². The van der Waals surface area contributed by atoms with Gasteiger partial charge in [-0.1, -0.05) is 47.6 Å². The third-order valence-electron chi connectivity index (χ3n) is 4.08. The van der Waals surface area contributed by atoms with Crippen molar-refractivity contribution in [1.82, 2.24) is 4.98 Å². The maximum Gasteiger partial charge on any atom is 0.237 e. The lowest BCUT2D eigenvalue weighted by Crippen LogP contribution is -2.36. The number of amides is 1. The van der Waals surface area contributed by atoms with Gasteiger partial charge in [-0.15, -0.1) is 11.3 Å². The number of anilines is 1. The maximum absolute atomic E-state index is 12.7. The van der Waals surface area contributed by atoms with Crippen LogP contribution in [0.25, 0.3) is 10.2 Å². The van der Waals surface area contributed by atoms with Gasteiger partial charge in [-0.05, 0) is 36.6 Å². The zero-order valence-electron chi connectivity index (χ0n) is 12.9. The van der Waals surface area contributed by atoms with Crippen molar-refractivity contribution < 1.29 is 4.79 Å². The molecule has 4 rings (SSSR count). The Kier molecular flexibility index (Phi) is 4.48. The van der Waals surface area contributed by atoms with E-state index in [4.69, 9.17) is 11.6 Å². The molecule has 0 bridgehead atoms. The third-order valence-corrected chi connectivity index (χ3v) is 6.53. The van der Waals surface area contributed by atoms with Crippen molar-refractivity contribution >= 4 is 56.5 Å². The van der Waals surface area contributed by atoms with E-state index >= 15 is 0 Å². The molecule has 0 unspecified atom stereocenters. The van der Waals surface area contributed by atoms with Crippen LogP contribution in [0.4, 0.5) is 5.69 Å². The van der Waals surface area contributed by atoms with E-state index in [9.17, 15) is 4.79 Å². The van der Waals surface area contributed by atoms with Gasteiger partial charge in [0.05, 0.1) is 15.5 Å². The number of hydrogen-bond donors (Lipinski definition) is 0. The summed E-state index contributed by atoms with van der Waals surface area (Å²) < 4.78 is 1.94. The molecule has 1 aromatic heterocycles.